The third kappa shape index (κ3) is 8.38. The Bertz CT molecular complexity index is 6540. The molecule has 0 saturated carbocycles. The molecule has 0 atom stereocenters. The Kier molecular flexibility index (Phi) is 7.61. The third-order valence-electron chi connectivity index (χ3n) is 17.5. The average Bonchev–Trinajstić information content (AvgIpc) is 0.806. The number of pyridine rings is 1. The van der Waals surface area contributed by atoms with Gasteiger partial charge in [0, 0.05) is 55.7 Å². The van der Waals surface area contributed by atoms with Gasteiger partial charge < -0.3 is 9.30 Å². The zero-order valence-electron chi connectivity index (χ0n) is 72.8. The lowest BCUT2D eigenvalue weighted by molar-refractivity contribution is -0.571. The standard InChI is InChI=1S/C84H67N5O/c1-82(2,3)56-42-45-85-78(49-56)89-74-36-18-15-30-65(74)66-40-39-59(51-76(66)89)90-58-25-19-24-57(50-58)86-52-87-80-68(33-21-37-75(80)88-72-34-16-13-28-63(72)64-29-14-17-35-73(64)88)79-60(53-22-9-8-10-23-53)31-20-32-67(79)61-26-11-12-27-62(61)69-46-55(48-77(86)81(69)87)54-38-41-70-71(47-54)84(6,7)44-43-83(70,4)5/h8-42,45-51H,43-44H2,1-7H3/i4D3,5D3,6D3,7D3,8D,9D,10D,22D,23D,38D,41D,43D2,44D2,47D. The molecule has 0 spiro atoms. The summed E-state index contributed by atoms with van der Waals surface area (Å²) in [6.07, 6.45) is -3.68. The van der Waals surface area contributed by atoms with Gasteiger partial charge in [-0.05, 0) is 174 Å². The van der Waals surface area contributed by atoms with Crippen molar-refractivity contribution in [2.24, 2.45) is 0 Å². The molecule has 15 aromatic rings. The van der Waals surface area contributed by atoms with Crippen LogP contribution in [0.1, 0.15) is 111 Å². The van der Waals surface area contributed by atoms with Gasteiger partial charge in [0.25, 0.3) is 6.33 Å². The van der Waals surface area contributed by atoms with E-state index in [-0.39, 0.29) is 44.5 Å². The minimum atomic E-state index is -4.61. The number of benzene rings is 11. The van der Waals surface area contributed by atoms with Gasteiger partial charge in [-0.2, -0.15) is 0 Å². The van der Waals surface area contributed by atoms with Gasteiger partial charge >= 0.3 is 0 Å². The summed E-state index contributed by atoms with van der Waals surface area (Å²) in [6, 6.07) is 54.0. The smallest absolute Gasteiger partial charge is 0.269 e. The normalized spacial score (nSPS) is 19.6. The Balaban J connectivity index is 1.03. The predicted octanol–water partition coefficient (Wildman–Crippen LogP) is 21.4. The molecule has 0 fully saturated rings. The van der Waals surface area contributed by atoms with Crippen LogP contribution in [0.2, 0.25) is 0 Å². The van der Waals surface area contributed by atoms with Crippen LogP contribution in [0.5, 0.6) is 11.5 Å². The summed E-state index contributed by atoms with van der Waals surface area (Å²) < 4.78 is 240. The first-order chi connectivity index (χ1) is 53.6. The van der Waals surface area contributed by atoms with E-state index < -0.39 is 116 Å². The second-order valence-corrected chi connectivity index (χ2v) is 24.0. The van der Waals surface area contributed by atoms with E-state index >= 15 is 0 Å². The van der Waals surface area contributed by atoms with Crippen molar-refractivity contribution in [2.45, 2.75) is 77.2 Å². The van der Waals surface area contributed by atoms with Crippen molar-refractivity contribution in [3.63, 3.8) is 0 Å². The minimum absolute atomic E-state index is 0.122. The second kappa shape index (κ2) is 20.0. The van der Waals surface area contributed by atoms with Crippen LogP contribution in [0.15, 0.2) is 255 Å². The van der Waals surface area contributed by atoms with Crippen LogP contribution in [0.4, 0.5) is 0 Å². The molecule has 5 heterocycles. The van der Waals surface area contributed by atoms with Gasteiger partial charge in [0.05, 0.1) is 61.1 Å². The molecular formula is C84H67N5O. The van der Waals surface area contributed by atoms with Crippen molar-refractivity contribution in [3.8, 4) is 90.0 Å². The summed E-state index contributed by atoms with van der Waals surface area (Å²) in [5, 5.41) is 3.61. The second-order valence-electron chi connectivity index (χ2n) is 24.0. The number of hydrogen-bond donors (Lipinski definition) is 0. The number of ether oxygens (including phenoxy) is 1. The summed E-state index contributed by atoms with van der Waals surface area (Å²) in [4.78, 5) is 4.88. The van der Waals surface area contributed by atoms with Gasteiger partial charge in [-0.1, -0.05) is 218 Å². The molecule has 17 rings (SSSR count). The molecule has 434 valence electrons. The van der Waals surface area contributed by atoms with Crippen LogP contribution in [0.3, 0.4) is 0 Å². The molecule has 0 saturated heterocycles. The molecule has 2 aliphatic rings. The maximum absolute atomic E-state index is 10.6. The SMILES string of the molecule is [2H]c1c([2H])c([2H])c(-c2cccc3c2-c2cccc(-n4c5ccccc5c5ccccc54)c2-[n+]2[c-]n(-c4cccc(Oc5ccc6c7ccccc7n(-c7cc(C(C)(C)C)ccn7)c6c5)c4)c4cc(-c5c([2H])c([2H])c6c(c5[2H])C(C([2H])([2H])[2H])(C([2H])([2H])[2H])C([2H])([2H])C([2H])([2H])C6(C([2H])([2H])[2H])C([2H])([2H])[2H])cc(c42)-c2ccccc2-3)c([2H])c1[2H]. The number of aromatic nitrogens is 5. The lowest BCUT2D eigenvalue weighted by Crippen LogP contribution is -2.33. The predicted molar refractivity (Wildman–Crippen MR) is 371 cm³/mol. The first-order valence-corrected chi connectivity index (χ1v) is 29.5. The van der Waals surface area contributed by atoms with Crippen LogP contribution in [0.25, 0.3) is 133 Å². The molecule has 6 nitrogen and oxygen atoms in total. The Labute approximate surface area is 558 Å². The third-order valence-corrected chi connectivity index (χ3v) is 17.5. The number of hydrogen-bond acceptors (Lipinski definition) is 2. The zero-order chi connectivity index (χ0) is 81.3. The van der Waals surface area contributed by atoms with Gasteiger partial charge in [-0.15, -0.1) is 0 Å². The number of rotatable bonds is 7. The fraction of sp³-hybridized carbons (Fsp3) is 0.143. The van der Waals surface area contributed by atoms with Crippen molar-refractivity contribution in [3.05, 3.63) is 278 Å². The molecule has 1 aliphatic carbocycles. The number of fused-ring (bicyclic) bond motifs is 14. The maximum atomic E-state index is 10.6. The van der Waals surface area contributed by atoms with Crippen LogP contribution in [-0.4, -0.2) is 18.7 Å². The molecule has 90 heavy (non-hydrogen) atoms. The lowest BCUT2D eigenvalue weighted by atomic mass is 9.63. The van der Waals surface area contributed by atoms with E-state index in [1.807, 2.05) is 115 Å². The summed E-state index contributed by atoms with van der Waals surface area (Å²) in [5.74, 6) is 1.36. The Morgan fingerprint density at radius 2 is 1.13 bits per heavy atom. The molecule has 0 radical (unpaired) electrons. The highest BCUT2D eigenvalue weighted by Gasteiger charge is 2.38. The largest absolute Gasteiger partial charge is 0.458 e. The van der Waals surface area contributed by atoms with Crippen molar-refractivity contribution in [1.82, 2.24) is 18.7 Å². The summed E-state index contributed by atoms with van der Waals surface area (Å²) in [5.41, 5.74) is -5.34. The monoisotopic (exact) mass is 1190 g/mol. The van der Waals surface area contributed by atoms with E-state index in [2.05, 4.69) is 42.3 Å². The van der Waals surface area contributed by atoms with Gasteiger partial charge in [-0.3, -0.25) is 13.7 Å². The maximum Gasteiger partial charge on any atom is 0.269 e. The lowest BCUT2D eigenvalue weighted by Gasteiger charge is -2.42. The highest BCUT2D eigenvalue weighted by atomic mass is 16.5. The Morgan fingerprint density at radius 1 is 0.511 bits per heavy atom. The first-order valence-electron chi connectivity index (χ1n) is 41.5. The average molecular weight is 1190 g/mol. The molecule has 1 aliphatic heterocycles. The van der Waals surface area contributed by atoms with Gasteiger partial charge in [-0.25, -0.2) is 4.98 Å². The topological polar surface area (TPSA) is 40.8 Å². The molecule has 0 unspecified atom stereocenters. The van der Waals surface area contributed by atoms with Crippen molar-refractivity contribution in [2.75, 3.05) is 0 Å². The van der Waals surface area contributed by atoms with Crippen LogP contribution >= 0.6 is 0 Å². The van der Waals surface area contributed by atoms with E-state index in [0.29, 0.717) is 56.4 Å². The van der Waals surface area contributed by atoms with Crippen LogP contribution < -0.4 is 9.30 Å². The fourth-order valence-electron chi connectivity index (χ4n) is 13.4. The first kappa shape index (κ1) is 34.3. The molecule has 0 bridgehead atoms. The van der Waals surface area contributed by atoms with Gasteiger partial charge in [0.1, 0.15) is 17.3 Å². The van der Waals surface area contributed by atoms with Crippen LogP contribution in [0, 0.1) is 6.33 Å². The number of nitrogens with zero attached hydrogens (tertiary/aromatic N) is 5. The fourth-order valence-corrected chi connectivity index (χ4v) is 13.4. The molecule has 0 amide bonds. The number of para-hydroxylation sites is 4. The van der Waals surface area contributed by atoms with Crippen molar-refractivity contribution >= 4 is 54.6 Å². The van der Waals surface area contributed by atoms with E-state index in [1.54, 1.807) is 82.1 Å². The highest BCUT2D eigenvalue weighted by molar-refractivity contribution is 6.12. The van der Waals surface area contributed by atoms with E-state index in [9.17, 15) is 20.6 Å². The zero-order valence-corrected chi connectivity index (χ0v) is 48.8. The van der Waals surface area contributed by atoms with Gasteiger partial charge in [0.2, 0.25) is 0 Å². The van der Waals surface area contributed by atoms with Crippen molar-refractivity contribution < 1.29 is 42.2 Å². The quantitative estimate of drug-likeness (QED) is 0.118. The van der Waals surface area contributed by atoms with E-state index in [4.69, 9.17) is 22.1 Å². The number of imidazole rings is 1. The molecule has 4 aromatic heterocycles. The van der Waals surface area contributed by atoms with Gasteiger partial charge in [0.15, 0.2) is 0 Å². The molecule has 11 aromatic carbocycles. The van der Waals surface area contributed by atoms with Crippen LogP contribution in [-0.2, 0) is 16.2 Å². The van der Waals surface area contributed by atoms with E-state index in [0.717, 1.165) is 49.2 Å². The highest BCUT2D eigenvalue weighted by Crippen LogP contribution is 2.51. The molecular weight excluding hydrogens is 1090 g/mol. The molecule has 6 heteroatoms. The van der Waals surface area contributed by atoms with E-state index in [1.165, 1.54) is 12.1 Å². The summed E-state index contributed by atoms with van der Waals surface area (Å²) in [6.45, 7) is -10.9. The van der Waals surface area contributed by atoms with Crippen molar-refractivity contribution in [1.29, 1.82) is 0 Å². The minimum Gasteiger partial charge on any atom is -0.458 e. The Morgan fingerprint density at radius 3 is 1.87 bits per heavy atom. The summed E-state index contributed by atoms with van der Waals surface area (Å²) in [7, 11) is 0. The molecule has 0 N–H and O–H groups in total. The Hall–Kier alpha value is -10.6. The summed E-state index contributed by atoms with van der Waals surface area (Å²) >= 11 is 0.